The number of ketones is 2. The van der Waals surface area contributed by atoms with E-state index in [4.69, 9.17) is 28.4 Å². The molecule has 2 aromatic carbocycles. The molecule has 6 rings (SSSR count). The van der Waals surface area contributed by atoms with Gasteiger partial charge in [0.2, 0.25) is 17.7 Å². The number of unbranched alkanes of at least 4 members (excludes halogenated alkanes) is 2. The fourth-order valence-corrected chi connectivity index (χ4v) is 10.7. The molecule has 1 saturated heterocycles. The first-order chi connectivity index (χ1) is 30.4. The van der Waals surface area contributed by atoms with Crippen LogP contribution in [0.25, 0.3) is 0 Å². The van der Waals surface area contributed by atoms with E-state index < -0.39 is 130 Å². The smallest absolute Gasteiger partial charge is 0.408 e. The van der Waals surface area contributed by atoms with Crippen molar-refractivity contribution in [3.63, 3.8) is 0 Å². The standard InChI is InChI=1S/C49H63NO15/c1-10-11-14-23-34(53)62-38(36(29-19-15-12-16-20-29)50-44(58)65-45(4,5)6)43(57)61-31-25-49(59)41(63-42(56)30-21-17-13-18-22-30)39-47(9,40(55)37(54)35(27(31)2)46(49,7)8)32(52)24-33-48(39,26-60-33)64-28(3)51/h12-13,15-22,27,31-33,35-36,38-39,41,52,59H,10-11,14,23-26H2,1-9H3,(H,50,58). The summed E-state index contributed by atoms with van der Waals surface area (Å²) in [4.78, 5) is 99.2. The predicted molar refractivity (Wildman–Crippen MR) is 231 cm³/mol. The topological polar surface area (TPSA) is 227 Å². The van der Waals surface area contributed by atoms with E-state index in [2.05, 4.69) is 5.32 Å². The Labute approximate surface area is 379 Å². The average Bonchev–Trinajstić information content (AvgIpc) is 3.23. The van der Waals surface area contributed by atoms with E-state index in [0.29, 0.717) is 18.4 Å². The number of hydrogen-bond donors (Lipinski definition) is 3. The zero-order valence-electron chi connectivity index (χ0n) is 38.6. The van der Waals surface area contributed by atoms with Gasteiger partial charge in [0.25, 0.3) is 0 Å². The summed E-state index contributed by atoms with van der Waals surface area (Å²) in [6, 6.07) is 14.7. The van der Waals surface area contributed by atoms with Crippen molar-refractivity contribution in [1.82, 2.24) is 5.32 Å². The van der Waals surface area contributed by atoms with Crippen LogP contribution in [0.4, 0.5) is 4.79 Å². The largest absolute Gasteiger partial charge is 0.459 e. The number of alkyl carbamates (subject to hydrolysis) is 1. The maximum atomic E-state index is 15.1. The summed E-state index contributed by atoms with van der Waals surface area (Å²) >= 11 is 0. The first kappa shape index (κ1) is 49.2. The van der Waals surface area contributed by atoms with Crippen LogP contribution in [0.15, 0.2) is 60.7 Å². The Balaban J connectivity index is 1.50. The van der Waals surface area contributed by atoms with E-state index in [1.165, 1.54) is 19.1 Å². The van der Waals surface area contributed by atoms with Gasteiger partial charge in [0.15, 0.2) is 5.60 Å². The number of rotatable bonds is 13. The molecule has 16 nitrogen and oxygen atoms in total. The Morgan fingerprint density at radius 3 is 2.14 bits per heavy atom. The minimum atomic E-state index is -2.40. The molecular weight excluding hydrogens is 843 g/mol. The number of amides is 1. The zero-order valence-corrected chi connectivity index (χ0v) is 38.6. The minimum absolute atomic E-state index is 0.0622. The van der Waals surface area contributed by atoms with Crippen LogP contribution in [-0.2, 0) is 52.4 Å². The molecule has 2 aromatic rings. The van der Waals surface area contributed by atoms with Gasteiger partial charge in [-0.1, -0.05) is 89.1 Å². The van der Waals surface area contributed by atoms with Crippen molar-refractivity contribution < 1.29 is 72.2 Å². The summed E-state index contributed by atoms with van der Waals surface area (Å²) in [5.41, 5.74) is -8.47. The van der Waals surface area contributed by atoms with Crippen LogP contribution in [0, 0.1) is 28.6 Å². The summed E-state index contributed by atoms with van der Waals surface area (Å²) in [5.74, 6) is -9.75. The predicted octanol–water partition coefficient (Wildman–Crippen LogP) is 5.53. The summed E-state index contributed by atoms with van der Waals surface area (Å²) < 4.78 is 36.0. The Kier molecular flexibility index (Phi) is 14.1. The van der Waals surface area contributed by atoms with Gasteiger partial charge in [0, 0.05) is 43.4 Å². The molecular formula is C49H63NO15. The van der Waals surface area contributed by atoms with Gasteiger partial charge in [-0.2, -0.15) is 0 Å². The molecule has 65 heavy (non-hydrogen) atoms. The lowest BCUT2D eigenvalue weighted by Crippen LogP contribution is -2.82. The van der Waals surface area contributed by atoms with Gasteiger partial charge in [-0.3, -0.25) is 19.2 Å². The maximum Gasteiger partial charge on any atom is 0.408 e. The lowest BCUT2D eigenvalue weighted by Gasteiger charge is -2.67. The number of Topliss-reactive ketones (excluding diaryl/α,β-unsaturated/α-hetero) is 2. The average molecular weight is 906 g/mol. The monoisotopic (exact) mass is 905 g/mol. The zero-order chi connectivity index (χ0) is 47.9. The highest BCUT2D eigenvalue weighted by atomic mass is 16.6. The van der Waals surface area contributed by atoms with Crippen LogP contribution in [0.1, 0.15) is 123 Å². The summed E-state index contributed by atoms with van der Waals surface area (Å²) in [6.45, 7) is 13.8. The molecule has 12 unspecified atom stereocenters. The third kappa shape index (κ3) is 9.18. The molecule has 16 heteroatoms. The molecule has 12 atom stereocenters. The number of carbonyl (C=O) groups excluding carboxylic acids is 7. The molecule has 2 bridgehead atoms. The Bertz CT molecular complexity index is 2140. The lowest BCUT2D eigenvalue weighted by molar-refractivity contribution is -0.350. The van der Waals surface area contributed by atoms with Crippen molar-refractivity contribution in [2.24, 2.45) is 28.6 Å². The van der Waals surface area contributed by atoms with Crippen LogP contribution in [0.3, 0.4) is 0 Å². The van der Waals surface area contributed by atoms with Gasteiger partial charge in [-0.05, 0) is 51.8 Å². The van der Waals surface area contributed by atoms with Gasteiger partial charge in [-0.15, -0.1) is 0 Å². The van der Waals surface area contributed by atoms with Gasteiger partial charge >= 0.3 is 30.0 Å². The van der Waals surface area contributed by atoms with Gasteiger partial charge < -0.3 is 44.0 Å². The number of hydrogen-bond acceptors (Lipinski definition) is 15. The lowest BCUT2D eigenvalue weighted by atomic mass is 9.42. The number of fused-ring (bicyclic) bond motifs is 5. The number of benzene rings is 2. The van der Waals surface area contributed by atoms with Crippen LogP contribution < -0.4 is 5.32 Å². The van der Waals surface area contributed by atoms with E-state index >= 15 is 9.59 Å². The Morgan fingerprint density at radius 1 is 0.938 bits per heavy atom. The molecule has 0 radical (unpaired) electrons. The van der Waals surface area contributed by atoms with E-state index in [1.54, 1.807) is 90.1 Å². The van der Waals surface area contributed by atoms with Gasteiger partial charge in [-0.25, -0.2) is 14.4 Å². The molecule has 4 fully saturated rings. The molecule has 1 heterocycles. The van der Waals surface area contributed by atoms with Crippen molar-refractivity contribution in [2.75, 3.05) is 6.61 Å². The van der Waals surface area contributed by atoms with Crippen molar-refractivity contribution in [1.29, 1.82) is 0 Å². The van der Waals surface area contributed by atoms with Crippen LogP contribution in [0.5, 0.6) is 0 Å². The van der Waals surface area contributed by atoms with Crippen LogP contribution in [0.2, 0.25) is 0 Å². The fraction of sp³-hybridized carbons (Fsp3) is 0.612. The molecule has 1 aliphatic heterocycles. The quantitative estimate of drug-likeness (QED) is 0.0971. The second kappa shape index (κ2) is 18.6. The molecule has 3 aliphatic carbocycles. The number of ether oxygens (including phenoxy) is 6. The third-order valence-corrected chi connectivity index (χ3v) is 14.1. The number of carbonyl (C=O) groups is 7. The van der Waals surface area contributed by atoms with Crippen molar-refractivity contribution in [3.8, 4) is 0 Å². The van der Waals surface area contributed by atoms with E-state index in [1.807, 2.05) is 6.92 Å². The minimum Gasteiger partial charge on any atom is -0.459 e. The fourth-order valence-electron chi connectivity index (χ4n) is 10.7. The summed E-state index contributed by atoms with van der Waals surface area (Å²) in [6.07, 6.45) is -7.55. The van der Waals surface area contributed by atoms with Gasteiger partial charge in [0.1, 0.15) is 35.6 Å². The van der Waals surface area contributed by atoms with Crippen LogP contribution in [-0.4, -0.2) is 106 Å². The first-order valence-corrected chi connectivity index (χ1v) is 22.4. The highest BCUT2D eigenvalue weighted by Crippen LogP contribution is 2.64. The molecule has 354 valence electrons. The first-order valence-electron chi connectivity index (χ1n) is 22.4. The van der Waals surface area contributed by atoms with Crippen LogP contribution >= 0.6 is 0 Å². The van der Waals surface area contributed by atoms with Crippen molar-refractivity contribution in [3.05, 3.63) is 71.8 Å². The molecule has 0 aromatic heterocycles. The van der Waals surface area contributed by atoms with Crippen molar-refractivity contribution >= 4 is 41.5 Å². The third-order valence-electron chi connectivity index (χ3n) is 14.1. The van der Waals surface area contributed by atoms with Gasteiger partial charge in [0.05, 0.1) is 29.6 Å². The SMILES string of the molecule is CCCCCC(=O)OC(C(=O)OC1CC2(O)C(OC(=O)c3ccccc3)C3C4(OC(C)=O)COC4CC(O)C3(C)C(=O)C(=O)C(C1C)C2(C)C)C(NC(=O)OC(C)(C)C)c1ccccc1. The Hall–Kier alpha value is -5.19. The molecule has 1 amide bonds. The second-order valence-corrected chi connectivity index (χ2v) is 19.8. The highest BCUT2D eigenvalue weighted by Gasteiger charge is 2.79. The number of nitrogens with one attached hydrogen (secondary N) is 1. The molecule has 0 spiro atoms. The van der Waals surface area contributed by atoms with E-state index in [9.17, 15) is 34.2 Å². The summed E-state index contributed by atoms with van der Waals surface area (Å²) in [5, 5.41) is 28.3. The molecule has 3 saturated carbocycles. The van der Waals surface area contributed by atoms with Crippen molar-refractivity contribution in [2.45, 2.75) is 154 Å². The maximum absolute atomic E-state index is 15.1. The Morgan fingerprint density at radius 2 is 1.57 bits per heavy atom. The summed E-state index contributed by atoms with van der Waals surface area (Å²) in [7, 11) is 0. The second-order valence-electron chi connectivity index (χ2n) is 19.8. The highest BCUT2D eigenvalue weighted by molar-refractivity contribution is 6.40. The molecule has 3 N–H and O–H groups in total. The number of aliphatic hydroxyl groups excluding tert-OH is 1. The van der Waals surface area contributed by atoms with E-state index in [-0.39, 0.29) is 25.0 Å². The normalized spacial score (nSPS) is 32.3. The molecule has 4 aliphatic rings. The van der Waals surface area contributed by atoms with E-state index in [0.717, 1.165) is 13.3 Å². The number of esters is 4. The number of aliphatic hydroxyl groups is 2.